The molecular weight excluding hydrogens is 458 g/mol. The first-order chi connectivity index (χ1) is 18.0. The summed E-state index contributed by atoms with van der Waals surface area (Å²) in [5.74, 6) is -0.523. The van der Waals surface area contributed by atoms with Gasteiger partial charge in [-0.3, -0.25) is 0 Å². The van der Waals surface area contributed by atoms with Crippen molar-refractivity contribution in [3.8, 4) is 33.4 Å². The summed E-state index contributed by atoms with van der Waals surface area (Å²) in [4.78, 5) is 0. The summed E-state index contributed by atoms with van der Waals surface area (Å²) in [6.45, 7) is 10.0. The van der Waals surface area contributed by atoms with Gasteiger partial charge in [-0.2, -0.15) is 0 Å². The van der Waals surface area contributed by atoms with E-state index in [1.165, 1.54) is 12.1 Å². The minimum absolute atomic E-state index is 0.260. The first kappa shape index (κ1) is 24.4. The van der Waals surface area contributed by atoms with Crippen LogP contribution in [0, 0.1) is 25.5 Å². The standard InChI is InChI=1S/C35H28F2/c1-5-13-26-24(6-2)20-30(28-16-9-11-18-32(28)36)22(3)34(26)35-23(4)31(29-17-10-12-19-33(29)37)21-25-14-7-8-15-27(25)35/h5-21H,1H2,2-4H3/b24-6-,26-13+. The maximum atomic E-state index is 15.1. The van der Waals surface area contributed by atoms with Crippen LogP contribution in [0.1, 0.15) is 18.1 Å². The van der Waals surface area contributed by atoms with Crippen LogP contribution < -0.4 is 10.4 Å². The van der Waals surface area contributed by atoms with E-state index in [-0.39, 0.29) is 11.6 Å². The smallest absolute Gasteiger partial charge is 0.131 e. The first-order valence-electron chi connectivity index (χ1n) is 12.4. The number of fused-ring (bicyclic) bond motifs is 1. The predicted octanol–water partition coefficient (Wildman–Crippen LogP) is 8.50. The van der Waals surface area contributed by atoms with Crippen LogP contribution in [0.2, 0.25) is 0 Å². The van der Waals surface area contributed by atoms with Crippen molar-refractivity contribution in [2.24, 2.45) is 0 Å². The van der Waals surface area contributed by atoms with E-state index >= 15 is 8.78 Å². The van der Waals surface area contributed by atoms with Crippen LogP contribution in [0.3, 0.4) is 0 Å². The van der Waals surface area contributed by atoms with Crippen LogP contribution in [-0.2, 0) is 0 Å². The second-order valence-corrected chi connectivity index (χ2v) is 9.22. The quantitative estimate of drug-likeness (QED) is 0.239. The van der Waals surface area contributed by atoms with E-state index in [0.29, 0.717) is 11.1 Å². The Bertz CT molecular complexity index is 1790. The molecule has 0 radical (unpaired) electrons. The first-order valence-corrected chi connectivity index (χ1v) is 12.4. The third kappa shape index (κ3) is 4.19. The van der Waals surface area contributed by atoms with Gasteiger partial charge in [0.1, 0.15) is 11.6 Å². The van der Waals surface area contributed by atoms with Crippen LogP contribution in [0.4, 0.5) is 8.78 Å². The monoisotopic (exact) mass is 486 g/mol. The van der Waals surface area contributed by atoms with Gasteiger partial charge in [-0.05, 0) is 99.6 Å². The molecule has 0 spiro atoms. The van der Waals surface area contributed by atoms with E-state index in [9.17, 15) is 0 Å². The van der Waals surface area contributed by atoms with Crippen molar-refractivity contribution in [3.05, 3.63) is 131 Å². The zero-order chi connectivity index (χ0) is 26.1. The third-order valence-electron chi connectivity index (χ3n) is 7.14. The second kappa shape index (κ2) is 9.99. The minimum Gasteiger partial charge on any atom is -0.206 e. The maximum Gasteiger partial charge on any atom is 0.131 e. The summed E-state index contributed by atoms with van der Waals surface area (Å²) >= 11 is 0. The average molecular weight is 487 g/mol. The van der Waals surface area contributed by atoms with Gasteiger partial charge in [0.25, 0.3) is 0 Å². The topological polar surface area (TPSA) is 0 Å². The highest BCUT2D eigenvalue weighted by Gasteiger charge is 2.20. The largest absolute Gasteiger partial charge is 0.206 e. The SMILES string of the molecule is C=C/C=c1/c(-c2c(C)c(-c3ccccc3F)cc3ccccc23)c(C)c(-c2ccccc2F)c/c1=C/C. The molecule has 182 valence electrons. The second-order valence-electron chi connectivity index (χ2n) is 9.22. The summed E-state index contributed by atoms with van der Waals surface area (Å²) in [5, 5.41) is 4.07. The van der Waals surface area contributed by atoms with Gasteiger partial charge in [0, 0.05) is 11.1 Å². The number of halogens is 2. The molecule has 5 aromatic rings. The van der Waals surface area contributed by atoms with Crippen LogP contribution in [0.15, 0.2) is 97.6 Å². The number of allylic oxidation sites excluding steroid dienone is 1. The molecule has 0 saturated carbocycles. The summed E-state index contributed by atoms with van der Waals surface area (Å²) < 4.78 is 30.1. The zero-order valence-corrected chi connectivity index (χ0v) is 21.3. The van der Waals surface area contributed by atoms with E-state index in [1.54, 1.807) is 18.2 Å². The Hall–Kier alpha value is -4.30. The van der Waals surface area contributed by atoms with Crippen LogP contribution in [0.5, 0.6) is 0 Å². The molecule has 0 saturated heterocycles. The van der Waals surface area contributed by atoms with E-state index in [1.807, 2.05) is 75.4 Å². The molecule has 0 aliphatic heterocycles. The molecule has 37 heavy (non-hydrogen) atoms. The van der Waals surface area contributed by atoms with E-state index in [0.717, 1.165) is 54.6 Å². The fourth-order valence-corrected chi connectivity index (χ4v) is 5.37. The molecule has 0 fully saturated rings. The van der Waals surface area contributed by atoms with E-state index in [2.05, 4.69) is 24.8 Å². The van der Waals surface area contributed by atoms with Gasteiger partial charge in [-0.15, -0.1) is 0 Å². The van der Waals surface area contributed by atoms with Gasteiger partial charge in [-0.1, -0.05) is 85.5 Å². The Morgan fingerprint density at radius 1 is 0.649 bits per heavy atom. The molecule has 0 heterocycles. The lowest BCUT2D eigenvalue weighted by atomic mass is 9.83. The van der Waals surface area contributed by atoms with Crippen molar-refractivity contribution < 1.29 is 8.78 Å². The highest BCUT2D eigenvalue weighted by molar-refractivity contribution is 6.04. The lowest BCUT2D eigenvalue weighted by Gasteiger charge is -2.21. The molecule has 0 unspecified atom stereocenters. The number of hydrogen-bond donors (Lipinski definition) is 0. The molecule has 0 nitrogen and oxygen atoms in total. The van der Waals surface area contributed by atoms with Crippen LogP contribution >= 0.6 is 0 Å². The summed E-state index contributed by atoms with van der Waals surface area (Å²) in [6, 6.07) is 26.0. The molecule has 0 aromatic heterocycles. The predicted molar refractivity (Wildman–Crippen MR) is 154 cm³/mol. The number of hydrogen-bond acceptors (Lipinski definition) is 0. The van der Waals surface area contributed by atoms with Crippen molar-refractivity contribution in [2.45, 2.75) is 20.8 Å². The van der Waals surface area contributed by atoms with Gasteiger partial charge in [-0.25, -0.2) is 8.78 Å². The van der Waals surface area contributed by atoms with Crippen LogP contribution in [0.25, 0.3) is 56.3 Å². The Kier molecular flexibility index (Phi) is 6.58. The maximum absolute atomic E-state index is 15.1. The van der Waals surface area contributed by atoms with Crippen molar-refractivity contribution in [1.29, 1.82) is 0 Å². The highest BCUT2D eigenvalue weighted by atomic mass is 19.1. The lowest BCUT2D eigenvalue weighted by Crippen LogP contribution is -2.28. The summed E-state index contributed by atoms with van der Waals surface area (Å²) in [7, 11) is 0. The zero-order valence-electron chi connectivity index (χ0n) is 21.3. The molecule has 5 rings (SSSR count). The van der Waals surface area contributed by atoms with Crippen molar-refractivity contribution in [1.82, 2.24) is 0 Å². The van der Waals surface area contributed by atoms with E-state index in [4.69, 9.17) is 0 Å². The fraction of sp³-hybridized carbons (Fsp3) is 0.0857. The van der Waals surface area contributed by atoms with E-state index < -0.39 is 0 Å². The minimum atomic E-state index is -0.263. The molecule has 0 aliphatic rings. The summed E-state index contributed by atoms with van der Waals surface area (Å²) in [5.41, 5.74) is 6.74. The van der Waals surface area contributed by atoms with Crippen molar-refractivity contribution >= 4 is 22.9 Å². The fourth-order valence-electron chi connectivity index (χ4n) is 5.37. The van der Waals surface area contributed by atoms with Gasteiger partial charge in [0.05, 0.1) is 0 Å². The number of benzene rings is 5. The lowest BCUT2D eigenvalue weighted by molar-refractivity contribution is 0.631. The molecule has 2 heteroatoms. The van der Waals surface area contributed by atoms with Crippen LogP contribution in [-0.4, -0.2) is 0 Å². The molecule has 0 aliphatic carbocycles. The Morgan fingerprint density at radius 3 is 1.78 bits per heavy atom. The molecule has 5 aromatic carbocycles. The average Bonchev–Trinajstić information content (AvgIpc) is 2.91. The van der Waals surface area contributed by atoms with Crippen molar-refractivity contribution in [3.63, 3.8) is 0 Å². The molecular formula is C35H28F2. The van der Waals surface area contributed by atoms with Gasteiger partial charge >= 0.3 is 0 Å². The normalized spacial score (nSPS) is 12.4. The van der Waals surface area contributed by atoms with Crippen molar-refractivity contribution in [2.75, 3.05) is 0 Å². The summed E-state index contributed by atoms with van der Waals surface area (Å²) in [6.07, 6.45) is 5.83. The molecule has 0 amide bonds. The Balaban J connectivity index is 2.02. The molecule has 0 N–H and O–H groups in total. The molecule has 0 atom stereocenters. The Morgan fingerprint density at radius 2 is 1.19 bits per heavy atom. The van der Waals surface area contributed by atoms with Gasteiger partial charge in [0.2, 0.25) is 0 Å². The third-order valence-corrected chi connectivity index (χ3v) is 7.14. The van der Waals surface area contributed by atoms with Gasteiger partial charge < -0.3 is 0 Å². The Labute approximate surface area is 216 Å². The van der Waals surface area contributed by atoms with Gasteiger partial charge in [0.15, 0.2) is 0 Å². The number of rotatable bonds is 4. The molecule has 0 bridgehead atoms. The highest BCUT2D eigenvalue weighted by Crippen LogP contribution is 2.40.